The van der Waals surface area contributed by atoms with Crippen LogP contribution < -0.4 is 5.32 Å². The summed E-state index contributed by atoms with van der Waals surface area (Å²) in [5, 5.41) is 3.93. The van der Waals surface area contributed by atoms with E-state index in [2.05, 4.69) is 12.2 Å². The van der Waals surface area contributed by atoms with Crippen LogP contribution in [0.15, 0.2) is 23.1 Å². The lowest BCUT2D eigenvalue weighted by Gasteiger charge is -2.11. The van der Waals surface area contributed by atoms with Gasteiger partial charge < -0.3 is 5.32 Å². The fourth-order valence-corrected chi connectivity index (χ4v) is 3.73. The Morgan fingerprint density at radius 3 is 2.79 bits per heavy atom. The number of hydrogen-bond acceptors (Lipinski definition) is 3. The lowest BCUT2D eigenvalue weighted by molar-refractivity contribution is 0.587. The summed E-state index contributed by atoms with van der Waals surface area (Å²) in [6.07, 6.45) is 4.84. The van der Waals surface area contributed by atoms with Gasteiger partial charge in [-0.15, -0.1) is 0 Å². The van der Waals surface area contributed by atoms with Crippen LogP contribution in [-0.4, -0.2) is 20.7 Å². The molecule has 0 radical (unpaired) electrons. The molecule has 19 heavy (non-hydrogen) atoms. The second-order valence-corrected chi connectivity index (χ2v) is 7.65. The first kappa shape index (κ1) is 14.8. The van der Waals surface area contributed by atoms with Crippen molar-refractivity contribution in [2.45, 2.75) is 43.7 Å². The summed E-state index contributed by atoms with van der Waals surface area (Å²) in [6.45, 7) is 2.71. The van der Waals surface area contributed by atoms with Crippen LogP contribution in [0.1, 0.15) is 31.7 Å². The molecule has 2 rings (SSSR count). The Kier molecular flexibility index (Phi) is 4.54. The fraction of sp³-hybridized carbons (Fsp3) is 0.571. The molecular weight excluding hydrogens is 282 g/mol. The standard InChI is InChI=1S/C14H20ClNO2S/c1-3-5-10-8-13(10)16-9-11-12(15)6-4-7-14(11)19(2,17)18/h4,6-7,10,13,16H,3,5,8-9H2,1-2H3. The maximum Gasteiger partial charge on any atom is 0.175 e. The summed E-state index contributed by atoms with van der Waals surface area (Å²) in [5.74, 6) is 0.745. The molecule has 106 valence electrons. The number of nitrogens with one attached hydrogen (secondary N) is 1. The molecule has 0 aliphatic heterocycles. The first-order chi connectivity index (χ1) is 8.93. The van der Waals surface area contributed by atoms with Gasteiger partial charge in [0.2, 0.25) is 0 Å². The first-order valence-corrected chi connectivity index (χ1v) is 8.91. The second-order valence-electron chi connectivity index (χ2n) is 5.26. The van der Waals surface area contributed by atoms with Crippen molar-refractivity contribution in [3.05, 3.63) is 28.8 Å². The summed E-state index contributed by atoms with van der Waals surface area (Å²) in [7, 11) is -3.23. The average molecular weight is 302 g/mol. The zero-order valence-electron chi connectivity index (χ0n) is 11.3. The Morgan fingerprint density at radius 1 is 1.42 bits per heavy atom. The predicted molar refractivity (Wildman–Crippen MR) is 78.2 cm³/mol. The van der Waals surface area contributed by atoms with Crippen molar-refractivity contribution in [1.29, 1.82) is 0 Å². The van der Waals surface area contributed by atoms with Crippen LogP contribution in [0.25, 0.3) is 0 Å². The molecule has 0 saturated heterocycles. The lowest BCUT2D eigenvalue weighted by atomic mass is 10.2. The molecule has 1 aromatic rings. The van der Waals surface area contributed by atoms with E-state index in [-0.39, 0.29) is 0 Å². The third-order valence-corrected chi connectivity index (χ3v) is 5.13. The molecule has 0 amide bonds. The molecule has 0 bridgehead atoms. The van der Waals surface area contributed by atoms with Crippen LogP contribution in [0, 0.1) is 5.92 Å². The summed E-state index contributed by atoms with van der Waals surface area (Å²) in [5.41, 5.74) is 0.689. The van der Waals surface area contributed by atoms with E-state index in [0.29, 0.717) is 28.1 Å². The highest BCUT2D eigenvalue weighted by atomic mass is 35.5. The van der Waals surface area contributed by atoms with Gasteiger partial charge in [-0.3, -0.25) is 0 Å². The minimum absolute atomic E-state index is 0.334. The van der Waals surface area contributed by atoms with Crippen LogP contribution >= 0.6 is 11.6 Å². The normalized spacial score (nSPS) is 22.5. The molecule has 1 saturated carbocycles. The zero-order valence-corrected chi connectivity index (χ0v) is 12.9. The molecule has 1 aliphatic carbocycles. The Balaban J connectivity index is 2.08. The lowest BCUT2D eigenvalue weighted by Crippen LogP contribution is -2.19. The van der Waals surface area contributed by atoms with Gasteiger partial charge >= 0.3 is 0 Å². The minimum atomic E-state index is -3.23. The van der Waals surface area contributed by atoms with Crippen molar-refractivity contribution in [3.63, 3.8) is 0 Å². The molecular formula is C14H20ClNO2S. The summed E-state index contributed by atoms with van der Waals surface area (Å²) < 4.78 is 23.5. The number of hydrogen-bond donors (Lipinski definition) is 1. The third kappa shape index (κ3) is 3.71. The first-order valence-electron chi connectivity index (χ1n) is 6.64. The van der Waals surface area contributed by atoms with E-state index < -0.39 is 9.84 Å². The molecule has 2 unspecified atom stereocenters. The van der Waals surface area contributed by atoms with Gasteiger partial charge in [0.05, 0.1) is 4.90 Å². The van der Waals surface area contributed by atoms with E-state index in [9.17, 15) is 8.42 Å². The van der Waals surface area contributed by atoms with Crippen LogP contribution in [-0.2, 0) is 16.4 Å². The molecule has 1 aromatic carbocycles. The van der Waals surface area contributed by atoms with Crippen molar-refractivity contribution in [2.24, 2.45) is 5.92 Å². The van der Waals surface area contributed by atoms with E-state index >= 15 is 0 Å². The van der Waals surface area contributed by atoms with Crippen LogP contribution in [0.5, 0.6) is 0 Å². The molecule has 2 atom stereocenters. The topological polar surface area (TPSA) is 46.2 Å². The molecule has 5 heteroatoms. The third-order valence-electron chi connectivity index (χ3n) is 3.60. The van der Waals surface area contributed by atoms with Gasteiger partial charge in [-0.1, -0.05) is 31.0 Å². The van der Waals surface area contributed by atoms with E-state index in [0.717, 1.165) is 5.92 Å². The largest absolute Gasteiger partial charge is 0.310 e. The van der Waals surface area contributed by atoms with Crippen LogP contribution in [0.2, 0.25) is 5.02 Å². The molecule has 3 nitrogen and oxygen atoms in total. The van der Waals surface area contributed by atoms with Crippen molar-refractivity contribution >= 4 is 21.4 Å². The Bertz CT molecular complexity index is 557. The van der Waals surface area contributed by atoms with Crippen molar-refractivity contribution < 1.29 is 8.42 Å². The van der Waals surface area contributed by atoms with Crippen molar-refractivity contribution in [2.75, 3.05) is 6.26 Å². The average Bonchev–Trinajstić information content (AvgIpc) is 3.05. The number of rotatable bonds is 6. The highest BCUT2D eigenvalue weighted by molar-refractivity contribution is 7.90. The SMILES string of the molecule is CCCC1CC1NCc1c(Cl)cccc1S(C)(=O)=O. The van der Waals surface area contributed by atoms with Crippen molar-refractivity contribution in [3.8, 4) is 0 Å². The maximum absolute atomic E-state index is 11.7. The second kappa shape index (κ2) is 5.81. The number of benzene rings is 1. The number of sulfone groups is 1. The van der Waals surface area contributed by atoms with Crippen molar-refractivity contribution in [1.82, 2.24) is 5.32 Å². The summed E-state index contributed by atoms with van der Waals surface area (Å²) >= 11 is 6.13. The smallest absolute Gasteiger partial charge is 0.175 e. The Labute approximate surface area is 120 Å². The highest BCUT2D eigenvalue weighted by Crippen LogP contribution is 2.35. The Morgan fingerprint density at radius 2 is 2.16 bits per heavy atom. The van der Waals surface area contributed by atoms with Gasteiger partial charge in [-0.05, 0) is 30.9 Å². The van der Waals surface area contributed by atoms with E-state index in [1.807, 2.05) is 0 Å². The van der Waals surface area contributed by atoms with Gasteiger partial charge in [0.1, 0.15) is 0 Å². The quantitative estimate of drug-likeness (QED) is 0.878. The van der Waals surface area contributed by atoms with Crippen LogP contribution in [0.3, 0.4) is 0 Å². The molecule has 0 aromatic heterocycles. The van der Waals surface area contributed by atoms with E-state index in [1.165, 1.54) is 25.5 Å². The Hall–Kier alpha value is -0.580. The van der Waals surface area contributed by atoms with Gasteiger partial charge in [0.15, 0.2) is 9.84 Å². The summed E-state index contributed by atoms with van der Waals surface area (Å²) in [6, 6.07) is 5.56. The fourth-order valence-electron chi connectivity index (χ4n) is 2.48. The van der Waals surface area contributed by atoms with E-state index in [4.69, 9.17) is 11.6 Å². The molecule has 1 N–H and O–H groups in total. The van der Waals surface area contributed by atoms with Gasteiger partial charge in [-0.25, -0.2) is 8.42 Å². The molecule has 0 spiro atoms. The van der Waals surface area contributed by atoms with Gasteiger partial charge in [0.25, 0.3) is 0 Å². The minimum Gasteiger partial charge on any atom is -0.310 e. The molecule has 1 fully saturated rings. The number of halogens is 1. The molecule has 1 aliphatic rings. The molecule has 0 heterocycles. The van der Waals surface area contributed by atoms with Crippen LogP contribution in [0.4, 0.5) is 0 Å². The monoisotopic (exact) mass is 301 g/mol. The zero-order chi connectivity index (χ0) is 14.0. The predicted octanol–water partition coefficient (Wildman–Crippen LogP) is 3.02. The van der Waals surface area contributed by atoms with Gasteiger partial charge in [0, 0.05) is 29.4 Å². The maximum atomic E-state index is 11.7. The van der Waals surface area contributed by atoms with Gasteiger partial charge in [-0.2, -0.15) is 0 Å². The highest BCUT2D eigenvalue weighted by Gasteiger charge is 2.35. The summed E-state index contributed by atoms with van der Waals surface area (Å²) in [4.78, 5) is 0.334. The van der Waals surface area contributed by atoms with E-state index in [1.54, 1.807) is 18.2 Å².